The molecule has 0 bridgehead atoms. The van der Waals surface area contributed by atoms with Crippen LogP contribution in [0, 0.1) is 0 Å². The molecule has 418 valence electrons. The molecular weight excluding hydrogens is 1100 g/mol. The molecule has 10 nitrogen and oxygen atoms in total. The van der Waals surface area contributed by atoms with Crippen molar-refractivity contribution in [3.8, 4) is 68.8 Å². The minimum absolute atomic E-state index is 0.546. The molecule has 0 N–H and O–H groups in total. The second-order valence-corrected chi connectivity index (χ2v) is 23.1. The summed E-state index contributed by atoms with van der Waals surface area (Å²) in [4.78, 5) is 31.7. The molecule has 0 saturated carbocycles. The number of benzene rings is 13. The average Bonchev–Trinajstić information content (AvgIpc) is 1.58. The molecule has 0 aliphatic rings. The summed E-state index contributed by atoms with van der Waals surface area (Å²) in [5.74, 6) is 3.51. The molecule has 0 aliphatic heterocycles. The van der Waals surface area contributed by atoms with E-state index in [0.717, 1.165) is 142 Å². The van der Waals surface area contributed by atoms with E-state index in [-0.39, 0.29) is 0 Å². The van der Waals surface area contributed by atoms with Crippen LogP contribution in [0.15, 0.2) is 291 Å². The minimum Gasteiger partial charge on any atom is -0.309 e. The number of nitrogens with zero attached hydrogens (tertiary/aromatic N) is 10. The van der Waals surface area contributed by atoms with Crippen molar-refractivity contribution in [1.29, 1.82) is 0 Å². The number of para-hydroxylation sites is 4. The van der Waals surface area contributed by atoms with Crippen molar-refractivity contribution in [2.24, 2.45) is 0 Å². The van der Waals surface area contributed by atoms with E-state index < -0.39 is 0 Å². The van der Waals surface area contributed by atoms with E-state index in [1.165, 1.54) is 0 Å². The number of aromatic nitrogens is 10. The molecular formula is C80H48N10. The van der Waals surface area contributed by atoms with E-state index in [2.05, 4.69) is 273 Å². The van der Waals surface area contributed by atoms with Gasteiger partial charge in [-0.25, -0.2) is 9.97 Å². The molecule has 0 radical (unpaired) electrons. The predicted molar refractivity (Wildman–Crippen MR) is 367 cm³/mol. The average molecular weight is 1150 g/mol. The van der Waals surface area contributed by atoms with Crippen LogP contribution in [0.25, 0.3) is 178 Å². The van der Waals surface area contributed by atoms with Crippen LogP contribution >= 0.6 is 0 Å². The molecule has 90 heavy (non-hydrogen) atoms. The van der Waals surface area contributed by atoms with Crippen LogP contribution in [0.3, 0.4) is 0 Å². The summed E-state index contributed by atoms with van der Waals surface area (Å²) in [7, 11) is 0. The lowest BCUT2D eigenvalue weighted by molar-refractivity contribution is 0.953. The van der Waals surface area contributed by atoms with E-state index in [1.54, 1.807) is 0 Å². The maximum absolute atomic E-state index is 5.41. The Hall–Kier alpha value is -12.4. The first kappa shape index (κ1) is 49.8. The summed E-state index contributed by atoms with van der Waals surface area (Å²) in [5.41, 5.74) is 14.1. The van der Waals surface area contributed by atoms with Gasteiger partial charge in [0.15, 0.2) is 23.3 Å². The normalized spacial score (nSPS) is 12.0. The first-order valence-corrected chi connectivity index (χ1v) is 30.3. The third kappa shape index (κ3) is 7.64. The molecule has 6 aromatic heterocycles. The quantitative estimate of drug-likeness (QED) is 0.150. The lowest BCUT2D eigenvalue weighted by atomic mass is 10.1. The predicted octanol–water partition coefficient (Wildman–Crippen LogP) is 19.4. The summed E-state index contributed by atoms with van der Waals surface area (Å²) in [6.07, 6.45) is 0. The zero-order valence-corrected chi connectivity index (χ0v) is 48.2. The maximum Gasteiger partial charge on any atom is 0.238 e. The fourth-order valence-electron chi connectivity index (χ4n) is 14.0. The van der Waals surface area contributed by atoms with Crippen LogP contribution in [0.4, 0.5) is 0 Å². The number of rotatable bonds is 8. The van der Waals surface area contributed by atoms with Crippen LogP contribution < -0.4 is 0 Å². The topological polar surface area (TPSA) is 97.1 Å². The van der Waals surface area contributed by atoms with Gasteiger partial charge < -0.3 is 9.13 Å². The van der Waals surface area contributed by atoms with Crippen molar-refractivity contribution < 1.29 is 0 Å². The maximum atomic E-state index is 5.41. The van der Waals surface area contributed by atoms with E-state index in [9.17, 15) is 0 Å². The highest BCUT2D eigenvalue weighted by molar-refractivity contribution is 6.29. The molecule has 0 saturated heterocycles. The Bertz CT molecular complexity index is 6020. The van der Waals surface area contributed by atoms with Crippen molar-refractivity contribution in [2.45, 2.75) is 0 Å². The van der Waals surface area contributed by atoms with Crippen molar-refractivity contribution in [3.63, 3.8) is 0 Å². The number of fused-ring (bicyclic) bond motifs is 15. The van der Waals surface area contributed by atoms with Gasteiger partial charge >= 0.3 is 0 Å². The molecule has 0 aliphatic carbocycles. The zero-order chi connectivity index (χ0) is 59.0. The summed E-state index contributed by atoms with van der Waals surface area (Å²) >= 11 is 0. The molecule has 0 amide bonds. The molecule has 13 aromatic carbocycles. The lowest BCUT2D eigenvalue weighted by Gasteiger charge is -2.14. The van der Waals surface area contributed by atoms with Gasteiger partial charge in [-0.05, 0) is 100 Å². The van der Waals surface area contributed by atoms with Gasteiger partial charge in [0.25, 0.3) is 0 Å². The molecule has 0 atom stereocenters. The van der Waals surface area contributed by atoms with Crippen LogP contribution in [-0.4, -0.2) is 48.2 Å². The van der Waals surface area contributed by atoms with Gasteiger partial charge in [0, 0.05) is 76.7 Å². The Morgan fingerprint density at radius 2 is 0.556 bits per heavy atom. The molecule has 10 heteroatoms. The van der Waals surface area contributed by atoms with Crippen molar-refractivity contribution in [2.75, 3.05) is 0 Å². The first-order valence-electron chi connectivity index (χ1n) is 30.3. The monoisotopic (exact) mass is 1150 g/mol. The fourth-order valence-corrected chi connectivity index (χ4v) is 14.0. The summed E-state index contributed by atoms with van der Waals surface area (Å²) < 4.78 is 9.29. The fraction of sp³-hybridized carbons (Fsp3) is 0. The van der Waals surface area contributed by atoms with Crippen LogP contribution in [0.5, 0.6) is 0 Å². The number of hydrogen-bond donors (Lipinski definition) is 0. The Labute approximate surface area is 514 Å². The first-order chi connectivity index (χ1) is 44.6. The smallest absolute Gasteiger partial charge is 0.238 e. The van der Waals surface area contributed by atoms with Gasteiger partial charge in [0.1, 0.15) is 0 Å². The summed E-state index contributed by atoms with van der Waals surface area (Å²) in [5, 5.41) is 13.6. The Balaban J connectivity index is 0.814. The second-order valence-electron chi connectivity index (χ2n) is 23.1. The van der Waals surface area contributed by atoms with Gasteiger partial charge in [0.05, 0.1) is 44.1 Å². The zero-order valence-electron chi connectivity index (χ0n) is 48.2. The van der Waals surface area contributed by atoms with E-state index in [4.69, 9.17) is 29.9 Å². The molecule has 19 aromatic rings. The molecule has 0 unspecified atom stereocenters. The molecule has 0 fully saturated rings. The van der Waals surface area contributed by atoms with Crippen molar-refractivity contribution >= 4 is 109 Å². The highest BCUT2D eigenvalue weighted by Crippen LogP contribution is 2.44. The van der Waals surface area contributed by atoms with Crippen molar-refractivity contribution in [1.82, 2.24) is 48.2 Å². The summed E-state index contributed by atoms with van der Waals surface area (Å²) in [6, 6.07) is 103. The molecule has 19 rings (SSSR count). The van der Waals surface area contributed by atoms with Gasteiger partial charge in [-0.2, -0.15) is 19.9 Å². The molecule has 0 spiro atoms. The third-order valence-electron chi connectivity index (χ3n) is 18.0. The summed E-state index contributed by atoms with van der Waals surface area (Å²) in [6.45, 7) is 0. The lowest BCUT2D eigenvalue weighted by Crippen LogP contribution is -2.06. The largest absolute Gasteiger partial charge is 0.309 e. The standard InChI is InChI=1S/C80H48N10/c1-3-22-51(23-4-1)75-81-76(52-24-5-2-6-25-52)84-80(83-75)90-66-35-16-12-31-60(66)64-47-63-59-30-11-15-34-65(59)88(71(63)48-72(64)90)58-29-19-28-57(46-58)87-67-36-17-13-32-61(67)73-69(87)42-43-70-74(73)62-33-14-18-37-68(62)89(70)79-85-77(55-40-38-49-20-7-9-26-53(49)44-55)82-78(86-79)56-41-39-50-21-8-10-27-54(50)45-56/h1-48H. The van der Waals surface area contributed by atoms with Gasteiger partial charge in [-0.3, -0.25) is 9.13 Å². The SMILES string of the molecule is c1ccc(-c2nc(-c3ccccc3)nc(-n3c4ccccc4c4cc5c6ccccc6n(-c6cccc(-n7c8ccccc8c8c9c%10ccccc%10n(-c%10nc(-c%11ccc%12ccccc%12c%11)nc(-c%11ccc%12ccccc%12c%11)n%10)c9ccc87)c6)c5cc43)n2)cc1. The third-order valence-corrected chi connectivity index (χ3v) is 18.0. The second kappa shape index (κ2) is 19.6. The Kier molecular flexibility index (Phi) is 10.8. The van der Waals surface area contributed by atoms with E-state index >= 15 is 0 Å². The van der Waals surface area contributed by atoms with E-state index in [1.807, 2.05) is 36.4 Å². The van der Waals surface area contributed by atoms with Gasteiger partial charge in [-0.1, -0.05) is 212 Å². The van der Waals surface area contributed by atoms with Crippen LogP contribution in [0.1, 0.15) is 0 Å². The van der Waals surface area contributed by atoms with Gasteiger partial charge in [0.2, 0.25) is 11.9 Å². The van der Waals surface area contributed by atoms with E-state index in [0.29, 0.717) is 35.2 Å². The Morgan fingerprint density at radius 3 is 1.07 bits per heavy atom. The minimum atomic E-state index is 0.546. The van der Waals surface area contributed by atoms with Crippen molar-refractivity contribution in [3.05, 3.63) is 291 Å². The highest BCUT2D eigenvalue weighted by atomic mass is 15.2. The van der Waals surface area contributed by atoms with Crippen LogP contribution in [0.2, 0.25) is 0 Å². The number of hydrogen-bond acceptors (Lipinski definition) is 6. The van der Waals surface area contributed by atoms with Crippen LogP contribution in [-0.2, 0) is 0 Å². The Morgan fingerprint density at radius 1 is 0.189 bits per heavy atom. The molecule has 6 heterocycles. The van der Waals surface area contributed by atoms with Gasteiger partial charge in [-0.15, -0.1) is 0 Å². The highest BCUT2D eigenvalue weighted by Gasteiger charge is 2.25.